The molecule has 0 fully saturated rings. The molecule has 1 aromatic carbocycles. The minimum atomic E-state index is 0.494. The third-order valence-electron chi connectivity index (χ3n) is 2.41. The molecule has 0 aliphatic carbocycles. The number of aromatic nitrogens is 2. The van der Waals surface area contributed by atoms with Crippen LogP contribution in [0.4, 0.5) is 5.69 Å². The van der Waals surface area contributed by atoms with Crippen LogP contribution in [-0.4, -0.2) is 17.3 Å². The lowest BCUT2D eigenvalue weighted by Gasteiger charge is -2.11. The lowest BCUT2D eigenvalue weighted by atomic mass is 10.2. The molecule has 0 aliphatic rings. The number of nitrogens with one attached hydrogen (secondary N) is 1. The molecule has 0 bridgehead atoms. The Balaban J connectivity index is 2.11. The molecule has 5 nitrogen and oxygen atoms in total. The molecular formula is C12H14BrN3O2. The normalized spacial score (nSPS) is 10.6. The van der Waals surface area contributed by atoms with Crippen molar-refractivity contribution in [1.82, 2.24) is 10.2 Å². The smallest absolute Gasteiger partial charge is 0.235 e. The Morgan fingerprint density at radius 2 is 2.22 bits per heavy atom. The predicted octanol–water partition coefficient (Wildman–Crippen LogP) is 2.90. The highest BCUT2D eigenvalue weighted by Gasteiger charge is 2.08. The zero-order valence-electron chi connectivity index (χ0n) is 10.2. The number of benzene rings is 1. The Morgan fingerprint density at radius 1 is 1.39 bits per heavy atom. The van der Waals surface area contributed by atoms with Crippen molar-refractivity contribution >= 4 is 21.6 Å². The molecule has 6 heteroatoms. The fourth-order valence-corrected chi connectivity index (χ4v) is 2.08. The molecular weight excluding hydrogens is 298 g/mol. The Morgan fingerprint density at radius 3 is 2.89 bits per heavy atom. The van der Waals surface area contributed by atoms with E-state index in [1.807, 2.05) is 18.2 Å². The fraction of sp³-hybridized carbons (Fsp3) is 0.333. The first-order valence-corrected chi connectivity index (χ1v) is 6.29. The van der Waals surface area contributed by atoms with E-state index in [2.05, 4.69) is 31.4 Å². The van der Waals surface area contributed by atoms with Crippen molar-refractivity contribution in [2.24, 2.45) is 0 Å². The van der Waals surface area contributed by atoms with Crippen molar-refractivity contribution in [2.45, 2.75) is 20.1 Å². The summed E-state index contributed by atoms with van der Waals surface area (Å²) in [5.41, 5.74) is 2.05. The predicted molar refractivity (Wildman–Crippen MR) is 71.2 cm³/mol. The van der Waals surface area contributed by atoms with Crippen molar-refractivity contribution in [2.75, 3.05) is 12.4 Å². The zero-order chi connectivity index (χ0) is 13.0. The minimum Gasteiger partial charge on any atom is -0.424 e. The van der Waals surface area contributed by atoms with E-state index < -0.39 is 0 Å². The van der Waals surface area contributed by atoms with E-state index in [4.69, 9.17) is 9.15 Å². The first-order valence-electron chi connectivity index (χ1n) is 5.50. The molecule has 0 amide bonds. The molecule has 0 saturated heterocycles. The van der Waals surface area contributed by atoms with Gasteiger partial charge in [0.1, 0.15) is 0 Å². The summed E-state index contributed by atoms with van der Waals surface area (Å²) in [6.45, 7) is 2.80. The van der Waals surface area contributed by atoms with E-state index in [1.165, 1.54) is 0 Å². The van der Waals surface area contributed by atoms with Crippen LogP contribution in [-0.2, 0) is 17.9 Å². The van der Waals surface area contributed by atoms with Crippen LogP contribution in [0.25, 0.3) is 0 Å². The number of nitrogens with zero attached hydrogens (tertiary/aromatic N) is 2. The molecule has 18 heavy (non-hydrogen) atoms. The topological polar surface area (TPSA) is 60.2 Å². The molecule has 0 atom stereocenters. The molecule has 0 spiro atoms. The second-order valence-electron chi connectivity index (χ2n) is 3.77. The average molecular weight is 312 g/mol. The third kappa shape index (κ3) is 3.08. The summed E-state index contributed by atoms with van der Waals surface area (Å²) in [5, 5.41) is 11.0. The monoisotopic (exact) mass is 311 g/mol. The summed E-state index contributed by atoms with van der Waals surface area (Å²) >= 11 is 3.51. The summed E-state index contributed by atoms with van der Waals surface area (Å²) in [6, 6.07) is 5.93. The number of hydrogen-bond acceptors (Lipinski definition) is 5. The number of hydrogen-bond donors (Lipinski definition) is 1. The number of halogens is 1. The van der Waals surface area contributed by atoms with Crippen LogP contribution in [0, 0.1) is 6.92 Å². The number of rotatable bonds is 5. The van der Waals surface area contributed by atoms with E-state index in [0.29, 0.717) is 24.9 Å². The van der Waals surface area contributed by atoms with Crippen molar-refractivity contribution in [3.63, 3.8) is 0 Å². The van der Waals surface area contributed by atoms with E-state index in [1.54, 1.807) is 14.0 Å². The first kappa shape index (κ1) is 13.0. The van der Waals surface area contributed by atoms with Crippen molar-refractivity contribution in [3.8, 4) is 0 Å². The van der Waals surface area contributed by atoms with Gasteiger partial charge in [-0.2, -0.15) is 0 Å². The van der Waals surface area contributed by atoms with Gasteiger partial charge in [0.2, 0.25) is 11.8 Å². The lowest BCUT2D eigenvalue weighted by Crippen LogP contribution is -2.04. The molecule has 0 aliphatic heterocycles. The number of anilines is 1. The zero-order valence-corrected chi connectivity index (χ0v) is 11.8. The van der Waals surface area contributed by atoms with Gasteiger partial charge in [-0.3, -0.25) is 0 Å². The van der Waals surface area contributed by atoms with Gasteiger partial charge >= 0.3 is 0 Å². The summed E-state index contributed by atoms with van der Waals surface area (Å²) in [4.78, 5) is 0. The van der Waals surface area contributed by atoms with Crippen molar-refractivity contribution in [1.29, 1.82) is 0 Å². The molecule has 0 unspecified atom stereocenters. The summed E-state index contributed by atoms with van der Waals surface area (Å²) in [5.74, 6) is 1.13. The standard InChI is InChI=1S/C12H14BrN3O2/c1-8-15-16-12(18-8)6-14-11-5-3-4-10(13)9(11)7-17-2/h3-5,14H,6-7H2,1-2H3. The van der Waals surface area contributed by atoms with Crippen LogP contribution in [0.15, 0.2) is 27.1 Å². The van der Waals surface area contributed by atoms with Gasteiger partial charge in [0.25, 0.3) is 0 Å². The molecule has 0 radical (unpaired) electrons. The lowest BCUT2D eigenvalue weighted by molar-refractivity contribution is 0.185. The molecule has 0 saturated carbocycles. The minimum absolute atomic E-state index is 0.494. The van der Waals surface area contributed by atoms with Gasteiger partial charge in [0.15, 0.2) is 0 Å². The Kier molecular flexibility index (Phi) is 4.33. The maximum absolute atomic E-state index is 5.31. The highest BCUT2D eigenvalue weighted by molar-refractivity contribution is 9.10. The third-order valence-corrected chi connectivity index (χ3v) is 3.15. The molecule has 2 aromatic rings. The summed E-state index contributed by atoms with van der Waals surface area (Å²) < 4.78 is 11.5. The average Bonchev–Trinajstić information content (AvgIpc) is 2.76. The van der Waals surface area contributed by atoms with Crippen LogP contribution < -0.4 is 5.32 Å². The maximum Gasteiger partial charge on any atom is 0.235 e. The maximum atomic E-state index is 5.31. The van der Waals surface area contributed by atoms with Gasteiger partial charge in [0.05, 0.1) is 13.2 Å². The van der Waals surface area contributed by atoms with E-state index in [-0.39, 0.29) is 0 Å². The van der Waals surface area contributed by atoms with Gasteiger partial charge in [-0.15, -0.1) is 10.2 Å². The molecule has 1 heterocycles. The van der Waals surface area contributed by atoms with Gasteiger partial charge in [-0.25, -0.2) is 0 Å². The fourth-order valence-electron chi connectivity index (χ4n) is 1.60. The van der Waals surface area contributed by atoms with Crippen LogP contribution in [0.1, 0.15) is 17.3 Å². The quantitative estimate of drug-likeness (QED) is 0.920. The summed E-state index contributed by atoms with van der Waals surface area (Å²) in [6.07, 6.45) is 0. The first-order chi connectivity index (χ1) is 8.70. The Labute approximate surface area is 114 Å². The number of methoxy groups -OCH3 is 1. The van der Waals surface area contributed by atoms with Gasteiger partial charge in [-0.05, 0) is 12.1 Å². The molecule has 1 aromatic heterocycles. The van der Waals surface area contributed by atoms with Gasteiger partial charge in [-0.1, -0.05) is 22.0 Å². The SMILES string of the molecule is COCc1c(Br)cccc1NCc1nnc(C)o1. The Hall–Kier alpha value is -1.40. The second kappa shape index (κ2) is 5.97. The molecule has 2 rings (SSSR count). The van der Waals surface area contributed by atoms with Crippen molar-refractivity contribution in [3.05, 3.63) is 40.0 Å². The van der Waals surface area contributed by atoms with Gasteiger partial charge in [0, 0.05) is 29.8 Å². The van der Waals surface area contributed by atoms with E-state index in [9.17, 15) is 0 Å². The van der Waals surface area contributed by atoms with Gasteiger partial charge < -0.3 is 14.5 Å². The van der Waals surface area contributed by atoms with Crippen LogP contribution in [0.3, 0.4) is 0 Å². The molecule has 1 N–H and O–H groups in total. The number of ether oxygens (including phenoxy) is 1. The summed E-state index contributed by atoms with van der Waals surface area (Å²) in [7, 11) is 1.67. The van der Waals surface area contributed by atoms with E-state index >= 15 is 0 Å². The Bertz CT molecular complexity index is 528. The number of aryl methyl sites for hydroxylation is 1. The van der Waals surface area contributed by atoms with E-state index in [0.717, 1.165) is 15.7 Å². The van der Waals surface area contributed by atoms with Crippen LogP contribution >= 0.6 is 15.9 Å². The van der Waals surface area contributed by atoms with Crippen LogP contribution in [0.2, 0.25) is 0 Å². The largest absolute Gasteiger partial charge is 0.424 e. The van der Waals surface area contributed by atoms with Crippen molar-refractivity contribution < 1.29 is 9.15 Å². The highest BCUT2D eigenvalue weighted by Crippen LogP contribution is 2.25. The molecule has 96 valence electrons. The highest BCUT2D eigenvalue weighted by atomic mass is 79.9. The van der Waals surface area contributed by atoms with Crippen LogP contribution in [0.5, 0.6) is 0 Å². The second-order valence-corrected chi connectivity index (χ2v) is 4.62.